The summed E-state index contributed by atoms with van der Waals surface area (Å²) >= 11 is 0. The van der Waals surface area contributed by atoms with Crippen LogP contribution in [-0.4, -0.2) is 32.3 Å². The molecule has 20 heavy (non-hydrogen) atoms. The maximum Gasteiger partial charge on any atom is 0.337 e. The second kappa shape index (κ2) is 7.23. The molecule has 110 valence electrons. The zero-order valence-electron chi connectivity index (χ0n) is 10.1. The van der Waals surface area contributed by atoms with E-state index in [1.165, 1.54) is 35.4 Å². The number of aliphatic hydroxyl groups excluding tert-OH is 1. The minimum absolute atomic E-state index is 0. The van der Waals surface area contributed by atoms with E-state index in [1.807, 2.05) is 0 Å². The van der Waals surface area contributed by atoms with Crippen LogP contribution in [0, 0.1) is 5.82 Å². The first kappa shape index (κ1) is 18.4. The van der Waals surface area contributed by atoms with Gasteiger partial charge >= 0.3 is 5.97 Å². The van der Waals surface area contributed by atoms with Crippen molar-refractivity contribution in [3.63, 3.8) is 0 Å². The number of hydrogen-bond donors (Lipinski definition) is 2. The summed E-state index contributed by atoms with van der Waals surface area (Å²) in [4.78, 5) is 15.3. The standard InChI is InChI=1S/C12H11FN2O3.2ClH/c13-10-3-1-9(2-4-10)12(7-16,11(17)18)15-6-5-14-8-15;;/h1-6,8,16H,7H2,(H,17,18);2*1H. The SMILES string of the molecule is Cl.Cl.O=C(O)C(CO)(c1ccc(F)cc1)n1ccnc1. The van der Waals surface area contributed by atoms with Gasteiger partial charge in [0.05, 0.1) is 12.9 Å². The predicted octanol–water partition coefficient (Wildman–Crippen LogP) is 1.69. The first-order valence-corrected chi connectivity index (χ1v) is 5.20. The third-order valence-electron chi connectivity index (χ3n) is 2.85. The van der Waals surface area contributed by atoms with Crippen molar-refractivity contribution in [1.82, 2.24) is 9.55 Å². The first-order chi connectivity index (χ1) is 8.61. The number of carboxylic acids is 1. The lowest BCUT2D eigenvalue weighted by molar-refractivity contribution is -0.147. The zero-order valence-corrected chi connectivity index (χ0v) is 11.8. The normalized spacial score (nSPS) is 12.7. The highest BCUT2D eigenvalue weighted by Gasteiger charge is 2.41. The van der Waals surface area contributed by atoms with Gasteiger partial charge in [-0.25, -0.2) is 14.2 Å². The van der Waals surface area contributed by atoms with Crippen molar-refractivity contribution in [2.75, 3.05) is 6.61 Å². The summed E-state index contributed by atoms with van der Waals surface area (Å²) in [6, 6.07) is 4.97. The Hall–Kier alpha value is -1.63. The second-order valence-electron chi connectivity index (χ2n) is 3.80. The van der Waals surface area contributed by atoms with Crippen LogP contribution in [0.1, 0.15) is 5.56 Å². The fourth-order valence-corrected chi connectivity index (χ4v) is 1.83. The number of nitrogens with zero attached hydrogens (tertiary/aromatic N) is 2. The Labute approximate surface area is 126 Å². The first-order valence-electron chi connectivity index (χ1n) is 5.20. The summed E-state index contributed by atoms with van der Waals surface area (Å²) < 4.78 is 14.2. The average molecular weight is 323 g/mol. The smallest absolute Gasteiger partial charge is 0.337 e. The molecule has 2 N–H and O–H groups in total. The summed E-state index contributed by atoms with van der Waals surface area (Å²) in [5.74, 6) is -1.71. The van der Waals surface area contributed by atoms with Crippen molar-refractivity contribution < 1.29 is 19.4 Å². The van der Waals surface area contributed by atoms with E-state index >= 15 is 0 Å². The molecule has 1 aromatic carbocycles. The average Bonchev–Trinajstić information content (AvgIpc) is 2.87. The number of carboxylic acid groups (broad SMARTS) is 1. The fourth-order valence-electron chi connectivity index (χ4n) is 1.83. The summed E-state index contributed by atoms with van der Waals surface area (Å²) in [6.07, 6.45) is 4.15. The van der Waals surface area contributed by atoms with Crippen LogP contribution in [0.2, 0.25) is 0 Å². The van der Waals surface area contributed by atoms with Gasteiger partial charge in [0.1, 0.15) is 5.82 Å². The van der Waals surface area contributed by atoms with Crippen LogP contribution in [0.15, 0.2) is 43.0 Å². The number of aromatic nitrogens is 2. The molecule has 2 aromatic rings. The Morgan fingerprint density at radius 1 is 1.30 bits per heavy atom. The maximum atomic E-state index is 12.9. The van der Waals surface area contributed by atoms with Crippen molar-refractivity contribution in [2.45, 2.75) is 5.54 Å². The van der Waals surface area contributed by atoms with E-state index in [4.69, 9.17) is 0 Å². The zero-order chi connectivity index (χ0) is 13.2. The largest absolute Gasteiger partial charge is 0.479 e. The molecular weight excluding hydrogens is 310 g/mol. The third kappa shape index (κ3) is 2.92. The van der Waals surface area contributed by atoms with Crippen molar-refractivity contribution in [3.05, 3.63) is 54.4 Å². The number of carbonyl (C=O) groups is 1. The van der Waals surface area contributed by atoms with Crippen LogP contribution in [0.4, 0.5) is 4.39 Å². The molecule has 0 aliphatic rings. The van der Waals surface area contributed by atoms with E-state index < -0.39 is 23.9 Å². The molecule has 2 rings (SSSR count). The van der Waals surface area contributed by atoms with Gasteiger partial charge in [-0.15, -0.1) is 24.8 Å². The van der Waals surface area contributed by atoms with Gasteiger partial charge in [0.15, 0.2) is 5.54 Å². The summed E-state index contributed by atoms with van der Waals surface area (Å²) in [7, 11) is 0. The van der Waals surface area contributed by atoms with Crippen LogP contribution in [-0.2, 0) is 10.3 Å². The lowest BCUT2D eigenvalue weighted by atomic mass is 9.90. The van der Waals surface area contributed by atoms with Crippen LogP contribution in [0.25, 0.3) is 0 Å². The van der Waals surface area contributed by atoms with Crippen LogP contribution < -0.4 is 0 Å². The molecule has 0 amide bonds. The van der Waals surface area contributed by atoms with Gasteiger partial charge in [-0.3, -0.25) is 0 Å². The summed E-state index contributed by atoms with van der Waals surface area (Å²) in [5, 5.41) is 18.9. The quantitative estimate of drug-likeness (QED) is 0.898. The topological polar surface area (TPSA) is 75.3 Å². The molecule has 1 heterocycles. The van der Waals surface area contributed by atoms with Crippen molar-refractivity contribution in [1.29, 1.82) is 0 Å². The second-order valence-corrected chi connectivity index (χ2v) is 3.80. The molecule has 5 nitrogen and oxygen atoms in total. The lowest BCUT2D eigenvalue weighted by Gasteiger charge is -2.29. The van der Waals surface area contributed by atoms with E-state index in [2.05, 4.69) is 4.98 Å². The van der Waals surface area contributed by atoms with E-state index in [9.17, 15) is 19.4 Å². The van der Waals surface area contributed by atoms with Gasteiger partial charge in [0, 0.05) is 12.4 Å². The van der Waals surface area contributed by atoms with Crippen molar-refractivity contribution in [3.8, 4) is 0 Å². The number of hydrogen-bond acceptors (Lipinski definition) is 3. The fraction of sp³-hybridized carbons (Fsp3) is 0.167. The minimum atomic E-state index is -1.69. The molecule has 8 heteroatoms. The molecule has 0 saturated carbocycles. The molecule has 0 bridgehead atoms. The number of aliphatic carboxylic acids is 1. The van der Waals surface area contributed by atoms with Gasteiger partial charge in [0.25, 0.3) is 0 Å². The molecule has 0 spiro atoms. The molecule has 0 radical (unpaired) electrons. The van der Waals surface area contributed by atoms with Gasteiger partial charge in [-0.2, -0.15) is 0 Å². The summed E-state index contributed by atoms with van der Waals surface area (Å²) in [6.45, 7) is -0.662. The Bertz CT molecular complexity index is 548. The van der Waals surface area contributed by atoms with Crippen molar-refractivity contribution in [2.24, 2.45) is 0 Å². The molecule has 0 saturated heterocycles. The molecule has 1 atom stereocenters. The highest BCUT2D eigenvalue weighted by Crippen LogP contribution is 2.26. The van der Waals surface area contributed by atoms with Crippen molar-refractivity contribution >= 4 is 30.8 Å². The van der Waals surface area contributed by atoms with Gasteiger partial charge in [-0.1, -0.05) is 12.1 Å². The Morgan fingerprint density at radius 3 is 2.30 bits per heavy atom. The molecule has 1 unspecified atom stereocenters. The van der Waals surface area contributed by atoms with E-state index in [0.717, 1.165) is 12.1 Å². The number of aliphatic hydroxyl groups is 1. The number of rotatable bonds is 4. The molecule has 0 fully saturated rings. The minimum Gasteiger partial charge on any atom is -0.479 e. The number of imidazole rings is 1. The lowest BCUT2D eigenvalue weighted by Crippen LogP contribution is -2.45. The monoisotopic (exact) mass is 322 g/mol. The van der Waals surface area contributed by atoms with E-state index in [1.54, 1.807) is 0 Å². The van der Waals surface area contributed by atoms with Gasteiger partial charge in [-0.05, 0) is 17.7 Å². The number of benzene rings is 1. The molecule has 1 aromatic heterocycles. The van der Waals surface area contributed by atoms with Crippen LogP contribution in [0.3, 0.4) is 0 Å². The Kier molecular flexibility index (Phi) is 6.64. The molecule has 0 aliphatic heterocycles. The highest BCUT2D eigenvalue weighted by atomic mass is 35.5. The Morgan fingerprint density at radius 2 is 1.90 bits per heavy atom. The molecule has 0 aliphatic carbocycles. The summed E-state index contributed by atoms with van der Waals surface area (Å²) in [5.41, 5.74) is -1.42. The Balaban J connectivity index is 0.00000180. The van der Waals surface area contributed by atoms with Crippen LogP contribution in [0.5, 0.6) is 0 Å². The maximum absolute atomic E-state index is 12.9. The molecular formula is C12H13Cl2FN2O3. The number of halogens is 3. The van der Waals surface area contributed by atoms with Gasteiger partial charge in [0.2, 0.25) is 0 Å². The third-order valence-corrected chi connectivity index (χ3v) is 2.85. The predicted molar refractivity (Wildman–Crippen MR) is 74.9 cm³/mol. The van der Waals surface area contributed by atoms with Crippen LogP contribution >= 0.6 is 24.8 Å². The van der Waals surface area contributed by atoms with E-state index in [-0.39, 0.29) is 30.4 Å². The van der Waals surface area contributed by atoms with E-state index in [0.29, 0.717) is 0 Å². The van der Waals surface area contributed by atoms with Gasteiger partial charge < -0.3 is 14.8 Å². The highest BCUT2D eigenvalue weighted by molar-refractivity contribution is 5.85.